The molecule has 4 rings (SSSR count). The number of H-pyrrole nitrogens is 1. The van der Waals surface area contributed by atoms with Crippen LogP contribution in [0, 0.1) is 0 Å². The number of amides is 1. The van der Waals surface area contributed by atoms with E-state index in [9.17, 15) is 4.79 Å². The molecule has 0 unspecified atom stereocenters. The molecule has 2 N–H and O–H groups in total. The maximum atomic E-state index is 12.7. The highest BCUT2D eigenvalue weighted by atomic mass is 127. The summed E-state index contributed by atoms with van der Waals surface area (Å²) >= 11 is 0. The van der Waals surface area contributed by atoms with E-state index in [2.05, 4.69) is 38.4 Å². The average Bonchev–Trinajstić information content (AvgIpc) is 3.46. The van der Waals surface area contributed by atoms with Crippen LogP contribution in [0.5, 0.6) is 0 Å². The Balaban J connectivity index is 0.00000272. The highest BCUT2D eigenvalue weighted by Gasteiger charge is 2.25. The van der Waals surface area contributed by atoms with Gasteiger partial charge in [-0.25, -0.2) is 4.98 Å². The Hall–Kier alpha value is -2.17. The zero-order chi connectivity index (χ0) is 20.8. The van der Waals surface area contributed by atoms with E-state index in [1.54, 1.807) is 6.33 Å². The first kappa shape index (κ1) is 23.5. The van der Waals surface area contributed by atoms with Crippen molar-refractivity contribution in [2.24, 2.45) is 4.99 Å². The summed E-state index contributed by atoms with van der Waals surface area (Å²) in [6.45, 7) is 6.27. The van der Waals surface area contributed by atoms with Gasteiger partial charge in [0, 0.05) is 50.7 Å². The summed E-state index contributed by atoms with van der Waals surface area (Å²) in [7, 11) is 0. The van der Waals surface area contributed by atoms with Gasteiger partial charge in [0.2, 0.25) is 5.91 Å². The summed E-state index contributed by atoms with van der Waals surface area (Å²) in [6, 6.07) is 8.20. The molecule has 8 nitrogen and oxygen atoms in total. The Bertz CT molecular complexity index is 863. The zero-order valence-corrected chi connectivity index (χ0v) is 20.4. The molecule has 1 aromatic carbocycles. The molecule has 1 fully saturated rings. The highest BCUT2D eigenvalue weighted by molar-refractivity contribution is 14.0. The second kappa shape index (κ2) is 11.4. The third-order valence-corrected chi connectivity index (χ3v) is 5.95. The van der Waals surface area contributed by atoms with Crippen LogP contribution in [-0.2, 0) is 11.2 Å². The number of anilines is 1. The summed E-state index contributed by atoms with van der Waals surface area (Å²) in [5, 5.41) is 10.4. The van der Waals surface area contributed by atoms with E-state index in [4.69, 9.17) is 4.99 Å². The Morgan fingerprint density at radius 2 is 2.06 bits per heavy atom. The maximum Gasteiger partial charge on any atom is 0.227 e. The molecule has 2 aromatic rings. The summed E-state index contributed by atoms with van der Waals surface area (Å²) in [6.07, 6.45) is 5.90. The van der Waals surface area contributed by atoms with Crippen molar-refractivity contribution in [2.45, 2.75) is 44.9 Å². The molecule has 1 aromatic heterocycles. The molecule has 0 atom stereocenters. The van der Waals surface area contributed by atoms with Crippen molar-refractivity contribution in [2.75, 3.05) is 37.6 Å². The molecular formula is C22H32IN7O. The van der Waals surface area contributed by atoms with Crippen molar-refractivity contribution in [3.8, 4) is 0 Å². The highest BCUT2D eigenvalue weighted by Crippen LogP contribution is 2.28. The Kier molecular flexibility index (Phi) is 8.68. The number of para-hydroxylation sites is 1. The average molecular weight is 537 g/mol. The van der Waals surface area contributed by atoms with Crippen molar-refractivity contribution >= 4 is 41.5 Å². The number of carbonyl (C=O) groups excluding carboxylic acids is 1. The lowest BCUT2D eigenvalue weighted by atomic mass is 9.96. The third-order valence-electron chi connectivity index (χ3n) is 5.95. The first-order chi connectivity index (χ1) is 14.8. The smallest absolute Gasteiger partial charge is 0.227 e. The fourth-order valence-electron chi connectivity index (χ4n) is 4.35. The van der Waals surface area contributed by atoms with Crippen LogP contribution in [0.25, 0.3) is 0 Å². The van der Waals surface area contributed by atoms with E-state index in [0.29, 0.717) is 18.9 Å². The van der Waals surface area contributed by atoms with E-state index < -0.39 is 0 Å². The lowest BCUT2D eigenvalue weighted by Gasteiger charge is -2.33. The van der Waals surface area contributed by atoms with Crippen molar-refractivity contribution in [1.29, 1.82) is 0 Å². The van der Waals surface area contributed by atoms with Gasteiger partial charge < -0.3 is 15.1 Å². The summed E-state index contributed by atoms with van der Waals surface area (Å²) in [4.78, 5) is 26.0. The summed E-state index contributed by atoms with van der Waals surface area (Å²) in [5.41, 5.74) is 2.35. The summed E-state index contributed by atoms with van der Waals surface area (Å²) < 4.78 is 0. The number of aromatic nitrogens is 3. The molecule has 2 aliphatic heterocycles. The van der Waals surface area contributed by atoms with Crippen molar-refractivity contribution in [1.82, 2.24) is 25.4 Å². The standard InChI is InChI=1S/C22H31N7O.HI/c1-2-23-22(28-13-9-18(10-14-28)21-25-16-26-27-21)24-12-5-8-20(30)29-15-11-17-6-3-4-7-19(17)29;/h3-4,6-7,16,18H,2,5,8-15H2,1H3,(H,23,24)(H,25,26,27);1H. The molecule has 0 saturated carbocycles. The second-order valence-corrected chi connectivity index (χ2v) is 7.90. The van der Waals surface area contributed by atoms with Crippen LogP contribution >= 0.6 is 24.0 Å². The fraction of sp³-hybridized carbons (Fsp3) is 0.545. The molecule has 1 saturated heterocycles. The number of hydrogen-bond donors (Lipinski definition) is 2. The van der Waals surface area contributed by atoms with Crippen LogP contribution in [0.2, 0.25) is 0 Å². The lowest BCUT2D eigenvalue weighted by molar-refractivity contribution is -0.118. The number of aromatic amines is 1. The molecular weight excluding hydrogens is 505 g/mol. The van der Waals surface area contributed by atoms with Gasteiger partial charge in [0.1, 0.15) is 12.2 Å². The van der Waals surface area contributed by atoms with E-state index in [-0.39, 0.29) is 29.9 Å². The number of halogens is 1. The number of carbonyl (C=O) groups is 1. The van der Waals surface area contributed by atoms with Crippen molar-refractivity contribution in [3.05, 3.63) is 42.0 Å². The van der Waals surface area contributed by atoms with E-state index >= 15 is 0 Å². The summed E-state index contributed by atoms with van der Waals surface area (Å²) in [5.74, 6) is 2.58. The van der Waals surface area contributed by atoms with Crippen molar-refractivity contribution < 1.29 is 4.79 Å². The van der Waals surface area contributed by atoms with Crippen LogP contribution in [0.15, 0.2) is 35.6 Å². The third kappa shape index (κ3) is 5.75. The predicted octanol–water partition coefficient (Wildman–Crippen LogP) is 2.94. The number of likely N-dealkylation sites (tertiary alicyclic amines) is 1. The number of guanidine groups is 1. The van der Waals surface area contributed by atoms with Gasteiger partial charge in [-0.3, -0.25) is 14.9 Å². The predicted molar refractivity (Wildman–Crippen MR) is 133 cm³/mol. The molecule has 0 spiro atoms. The van der Waals surface area contributed by atoms with Gasteiger partial charge in [-0.05, 0) is 44.2 Å². The molecule has 9 heteroatoms. The molecule has 0 radical (unpaired) electrons. The monoisotopic (exact) mass is 537 g/mol. The van der Waals surface area contributed by atoms with E-state index in [0.717, 1.165) is 69.3 Å². The number of aliphatic imine (C=N–C) groups is 1. The quantitative estimate of drug-likeness (QED) is 0.256. The number of nitrogens with zero attached hydrogens (tertiary/aromatic N) is 5. The van der Waals surface area contributed by atoms with Gasteiger partial charge >= 0.3 is 0 Å². The first-order valence-corrected chi connectivity index (χ1v) is 11.0. The molecule has 1 amide bonds. The zero-order valence-electron chi connectivity index (χ0n) is 18.1. The molecule has 0 aliphatic carbocycles. The van der Waals surface area contributed by atoms with Gasteiger partial charge in [-0.2, -0.15) is 5.10 Å². The molecule has 31 heavy (non-hydrogen) atoms. The normalized spacial score (nSPS) is 16.7. The number of nitrogens with one attached hydrogen (secondary N) is 2. The number of piperidine rings is 1. The first-order valence-electron chi connectivity index (χ1n) is 11.0. The minimum absolute atomic E-state index is 0. The van der Waals surface area contributed by atoms with Crippen molar-refractivity contribution in [3.63, 3.8) is 0 Å². The molecule has 0 bridgehead atoms. The maximum absolute atomic E-state index is 12.7. The molecule has 2 aliphatic rings. The lowest BCUT2D eigenvalue weighted by Crippen LogP contribution is -2.45. The Morgan fingerprint density at radius 1 is 1.26 bits per heavy atom. The number of hydrogen-bond acceptors (Lipinski definition) is 4. The van der Waals surface area contributed by atoms with Crippen LogP contribution in [-0.4, -0.2) is 64.7 Å². The SMILES string of the molecule is CCNC(=NCCCC(=O)N1CCc2ccccc21)N1CCC(c2ncn[nH]2)CC1.I. The fourth-order valence-corrected chi connectivity index (χ4v) is 4.35. The largest absolute Gasteiger partial charge is 0.357 e. The van der Waals surface area contributed by atoms with Gasteiger partial charge in [-0.1, -0.05) is 18.2 Å². The van der Waals surface area contributed by atoms with Gasteiger partial charge in [0.05, 0.1) is 0 Å². The van der Waals surface area contributed by atoms with Crippen LogP contribution in [0.1, 0.15) is 49.9 Å². The Labute approximate surface area is 200 Å². The minimum atomic E-state index is 0. The van der Waals surface area contributed by atoms with Gasteiger partial charge in [-0.15, -0.1) is 24.0 Å². The number of benzene rings is 1. The van der Waals surface area contributed by atoms with Crippen LogP contribution in [0.4, 0.5) is 5.69 Å². The van der Waals surface area contributed by atoms with E-state index in [1.165, 1.54) is 5.56 Å². The minimum Gasteiger partial charge on any atom is -0.357 e. The topological polar surface area (TPSA) is 89.5 Å². The number of rotatable bonds is 6. The van der Waals surface area contributed by atoms with Crippen LogP contribution < -0.4 is 10.2 Å². The number of fused-ring (bicyclic) bond motifs is 1. The molecule has 3 heterocycles. The second-order valence-electron chi connectivity index (χ2n) is 7.90. The molecule has 168 valence electrons. The van der Waals surface area contributed by atoms with Gasteiger partial charge in [0.25, 0.3) is 0 Å². The van der Waals surface area contributed by atoms with E-state index in [1.807, 2.05) is 23.1 Å². The Morgan fingerprint density at radius 3 is 2.81 bits per heavy atom. The van der Waals surface area contributed by atoms with Crippen LogP contribution in [0.3, 0.4) is 0 Å². The van der Waals surface area contributed by atoms with Gasteiger partial charge in [0.15, 0.2) is 5.96 Å².